The van der Waals surface area contributed by atoms with E-state index in [1.54, 1.807) is 19.1 Å². The Bertz CT molecular complexity index is 787. The van der Waals surface area contributed by atoms with Crippen LogP contribution in [0.1, 0.15) is 18.1 Å². The Balaban J connectivity index is 1.96. The number of allylic oxidation sites excluding steroid dienone is 2. The number of carbonyl (C=O) groups excluding carboxylic acids is 2. The first-order chi connectivity index (χ1) is 13.3. The second-order valence-electron chi connectivity index (χ2n) is 7.17. The summed E-state index contributed by atoms with van der Waals surface area (Å²) >= 11 is 0. The van der Waals surface area contributed by atoms with Crippen LogP contribution in [0.4, 0.5) is 11.4 Å². The normalized spacial score (nSPS) is 11.4. The van der Waals surface area contributed by atoms with Crippen LogP contribution in [0.2, 0.25) is 0 Å². The molecule has 0 N–H and O–H groups in total. The van der Waals surface area contributed by atoms with Crippen molar-refractivity contribution in [1.29, 1.82) is 0 Å². The quantitative estimate of drug-likeness (QED) is 0.508. The summed E-state index contributed by atoms with van der Waals surface area (Å²) in [5.74, 6) is -1.10. The lowest BCUT2D eigenvalue weighted by Crippen LogP contribution is -2.17. The van der Waals surface area contributed by atoms with Gasteiger partial charge in [-0.05, 0) is 54.5 Å². The van der Waals surface area contributed by atoms with E-state index in [0.717, 1.165) is 22.5 Å². The zero-order valence-electron chi connectivity index (χ0n) is 17.2. The van der Waals surface area contributed by atoms with E-state index in [1.807, 2.05) is 86.5 Å². The van der Waals surface area contributed by atoms with E-state index in [-0.39, 0.29) is 11.6 Å². The molecule has 0 amide bonds. The van der Waals surface area contributed by atoms with Gasteiger partial charge in [-0.25, -0.2) is 0 Å². The molecule has 0 bridgehead atoms. The average Bonchev–Trinajstić information content (AvgIpc) is 2.70. The Labute approximate surface area is 167 Å². The number of hydrogen-bond donors (Lipinski definition) is 0. The second-order valence-corrected chi connectivity index (χ2v) is 7.17. The van der Waals surface area contributed by atoms with Crippen molar-refractivity contribution in [1.82, 2.24) is 0 Å². The van der Waals surface area contributed by atoms with E-state index in [1.165, 1.54) is 12.2 Å². The molecule has 0 spiro atoms. The largest absolute Gasteiger partial charge is 0.378 e. The van der Waals surface area contributed by atoms with Gasteiger partial charge in [-0.1, -0.05) is 36.4 Å². The van der Waals surface area contributed by atoms with Crippen LogP contribution < -0.4 is 9.80 Å². The van der Waals surface area contributed by atoms with Crippen molar-refractivity contribution in [3.05, 3.63) is 71.8 Å². The van der Waals surface area contributed by atoms with Gasteiger partial charge < -0.3 is 9.80 Å². The van der Waals surface area contributed by atoms with Gasteiger partial charge in [0, 0.05) is 39.6 Å². The highest BCUT2D eigenvalue weighted by Gasteiger charge is 2.16. The van der Waals surface area contributed by atoms with Crippen molar-refractivity contribution in [3.8, 4) is 0 Å². The number of rotatable bonds is 8. The highest BCUT2D eigenvalue weighted by Crippen LogP contribution is 2.15. The summed E-state index contributed by atoms with van der Waals surface area (Å²) in [5, 5.41) is 0. The van der Waals surface area contributed by atoms with E-state index in [4.69, 9.17) is 0 Å². The molecule has 0 aliphatic carbocycles. The van der Waals surface area contributed by atoms with Crippen molar-refractivity contribution in [2.45, 2.75) is 6.92 Å². The lowest BCUT2D eigenvalue weighted by molar-refractivity contribution is -0.126. The third-order valence-corrected chi connectivity index (χ3v) is 4.55. The summed E-state index contributed by atoms with van der Waals surface area (Å²) in [6.07, 6.45) is 6.45. The van der Waals surface area contributed by atoms with Crippen molar-refractivity contribution in [2.75, 3.05) is 38.0 Å². The Morgan fingerprint density at radius 3 is 1.29 bits per heavy atom. The highest BCUT2D eigenvalue weighted by atomic mass is 16.1. The maximum Gasteiger partial charge on any atom is 0.166 e. The maximum absolute atomic E-state index is 12.3. The predicted octanol–water partition coefficient (Wildman–Crippen LogP) is 4.32. The monoisotopic (exact) mass is 376 g/mol. The van der Waals surface area contributed by atoms with E-state index < -0.39 is 5.92 Å². The minimum absolute atomic E-state index is 0.200. The molecule has 0 atom stereocenters. The van der Waals surface area contributed by atoms with Crippen molar-refractivity contribution in [3.63, 3.8) is 0 Å². The van der Waals surface area contributed by atoms with Gasteiger partial charge in [0.2, 0.25) is 0 Å². The molecule has 0 radical (unpaired) electrons. The molecule has 0 aliphatic rings. The minimum atomic E-state index is -0.699. The first-order valence-electron chi connectivity index (χ1n) is 9.26. The lowest BCUT2D eigenvalue weighted by Gasteiger charge is -2.11. The topological polar surface area (TPSA) is 40.6 Å². The van der Waals surface area contributed by atoms with Gasteiger partial charge in [-0.3, -0.25) is 9.59 Å². The Hall–Kier alpha value is -3.14. The molecule has 2 aromatic rings. The average molecular weight is 377 g/mol. The van der Waals surface area contributed by atoms with Crippen molar-refractivity contribution < 1.29 is 9.59 Å². The molecule has 0 aliphatic heterocycles. The Kier molecular flexibility index (Phi) is 7.33. The molecule has 0 heterocycles. The molecule has 0 unspecified atom stereocenters. The summed E-state index contributed by atoms with van der Waals surface area (Å²) in [6, 6.07) is 15.7. The van der Waals surface area contributed by atoms with E-state index in [0.29, 0.717) is 0 Å². The molecule has 0 aromatic heterocycles. The molecule has 0 fully saturated rings. The summed E-state index contributed by atoms with van der Waals surface area (Å²) < 4.78 is 0. The first-order valence-corrected chi connectivity index (χ1v) is 9.26. The summed E-state index contributed by atoms with van der Waals surface area (Å²) in [5.41, 5.74) is 4.04. The Morgan fingerprint density at radius 1 is 0.679 bits per heavy atom. The molecule has 2 rings (SSSR count). The number of carbonyl (C=O) groups is 2. The van der Waals surface area contributed by atoms with Crippen LogP contribution in [0.5, 0.6) is 0 Å². The molecule has 0 saturated carbocycles. The Morgan fingerprint density at radius 2 is 1.00 bits per heavy atom. The number of benzene rings is 2. The van der Waals surface area contributed by atoms with E-state index in [2.05, 4.69) is 0 Å². The van der Waals surface area contributed by atoms with Gasteiger partial charge in [-0.15, -0.1) is 0 Å². The van der Waals surface area contributed by atoms with Crippen LogP contribution in [0.3, 0.4) is 0 Å². The maximum atomic E-state index is 12.3. The minimum Gasteiger partial charge on any atom is -0.378 e. The smallest absolute Gasteiger partial charge is 0.166 e. The van der Waals surface area contributed by atoms with Gasteiger partial charge in [-0.2, -0.15) is 0 Å². The third-order valence-electron chi connectivity index (χ3n) is 4.55. The zero-order valence-corrected chi connectivity index (χ0v) is 17.2. The fourth-order valence-electron chi connectivity index (χ4n) is 2.55. The number of anilines is 2. The van der Waals surface area contributed by atoms with Crippen LogP contribution in [-0.2, 0) is 9.59 Å². The van der Waals surface area contributed by atoms with Gasteiger partial charge in [0.1, 0.15) is 0 Å². The van der Waals surface area contributed by atoms with Crippen molar-refractivity contribution in [2.24, 2.45) is 5.92 Å². The number of hydrogen-bond acceptors (Lipinski definition) is 4. The molecule has 28 heavy (non-hydrogen) atoms. The van der Waals surface area contributed by atoms with Gasteiger partial charge in [0.15, 0.2) is 11.6 Å². The number of nitrogens with zero attached hydrogens (tertiary/aromatic N) is 2. The third kappa shape index (κ3) is 5.95. The van der Waals surface area contributed by atoms with Crippen LogP contribution >= 0.6 is 0 Å². The molecule has 4 nitrogen and oxygen atoms in total. The molecular formula is C24H28N2O2. The summed E-state index contributed by atoms with van der Waals surface area (Å²) in [6.45, 7) is 1.64. The molecule has 146 valence electrons. The van der Waals surface area contributed by atoms with Gasteiger partial charge in [0.05, 0.1) is 5.92 Å². The SMILES string of the molecule is CC(C(=O)/C=C/c1ccc(N(C)C)cc1)C(=O)/C=C/c1ccc(N(C)C)cc1. The fraction of sp³-hybridized carbons (Fsp3) is 0.250. The summed E-state index contributed by atoms with van der Waals surface area (Å²) in [4.78, 5) is 28.6. The van der Waals surface area contributed by atoms with Gasteiger partial charge in [0.25, 0.3) is 0 Å². The molecule has 2 aromatic carbocycles. The van der Waals surface area contributed by atoms with Crippen LogP contribution in [0.15, 0.2) is 60.7 Å². The second kappa shape index (κ2) is 9.70. The van der Waals surface area contributed by atoms with Crippen LogP contribution in [0.25, 0.3) is 12.2 Å². The standard InChI is InChI=1S/C24H28N2O2/c1-18(23(27)16-10-19-6-12-21(13-7-19)25(2)3)24(28)17-11-20-8-14-22(15-9-20)26(4)5/h6-18H,1-5H3/b16-10+,17-11+. The number of ketones is 2. The lowest BCUT2D eigenvalue weighted by atomic mass is 9.99. The molecule has 0 saturated heterocycles. The fourth-order valence-corrected chi connectivity index (χ4v) is 2.55. The van der Waals surface area contributed by atoms with Crippen LogP contribution in [0, 0.1) is 5.92 Å². The zero-order chi connectivity index (χ0) is 20.7. The highest BCUT2D eigenvalue weighted by molar-refractivity contribution is 6.13. The molecule has 4 heteroatoms. The molecular weight excluding hydrogens is 348 g/mol. The predicted molar refractivity (Wildman–Crippen MR) is 119 cm³/mol. The van der Waals surface area contributed by atoms with E-state index in [9.17, 15) is 9.59 Å². The van der Waals surface area contributed by atoms with Crippen molar-refractivity contribution >= 4 is 35.1 Å². The van der Waals surface area contributed by atoms with Crippen LogP contribution in [-0.4, -0.2) is 39.8 Å². The first kappa shape index (κ1) is 21.2. The van der Waals surface area contributed by atoms with E-state index >= 15 is 0 Å². The van der Waals surface area contributed by atoms with Gasteiger partial charge >= 0.3 is 0 Å². The summed E-state index contributed by atoms with van der Waals surface area (Å²) in [7, 11) is 7.91.